The lowest BCUT2D eigenvalue weighted by Gasteiger charge is -1.98. The Labute approximate surface area is 171 Å². The van der Waals surface area contributed by atoms with Crippen molar-refractivity contribution in [3.63, 3.8) is 0 Å². The Bertz CT molecular complexity index is 843. The highest BCUT2D eigenvalue weighted by Gasteiger charge is 2.03. The summed E-state index contributed by atoms with van der Waals surface area (Å²) in [5.41, 5.74) is 2.33. The summed E-state index contributed by atoms with van der Waals surface area (Å²) in [5.74, 6) is -0.255. The Balaban J connectivity index is 0.00000338. The van der Waals surface area contributed by atoms with E-state index in [1.807, 2.05) is 0 Å². The van der Waals surface area contributed by atoms with E-state index in [0.29, 0.717) is 16.3 Å². The van der Waals surface area contributed by atoms with Gasteiger partial charge in [-0.1, -0.05) is 10.2 Å². The van der Waals surface area contributed by atoms with Gasteiger partial charge in [0, 0.05) is 23.3 Å². The number of phenolic OH excluding ortho intramolecular Hbond substituents is 4. The molecule has 0 aliphatic carbocycles. The van der Waals surface area contributed by atoms with Crippen LogP contribution in [0.25, 0.3) is 0 Å². The van der Waals surface area contributed by atoms with Gasteiger partial charge in [0.05, 0.1) is 12.4 Å². The van der Waals surface area contributed by atoms with Gasteiger partial charge in [0.15, 0.2) is 0 Å². The molecule has 0 heterocycles. The van der Waals surface area contributed by atoms with E-state index < -0.39 is 0 Å². The summed E-state index contributed by atoms with van der Waals surface area (Å²) in [7, 11) is 0. The van der Waals surface area contributed by atoms with Crippen molar-refractivity contribution in [2.75, 3.05) is 6.26 Å². The van der Waals surface area contributed by atoms with Crippen LogP contribution in [0, 0.1) is 0 Å². The largest absolute Gasteiger partial charge is 1.00 e. The van der Waals surface area contributed by atoms with E-state index in [1.54, 1.807) is 6.26 Å². The summed E-state index contributed by atoms with van der Waals surface area (Å²) in [5, 5.41) is 50.2. The Hall–Kier alpha value is -2.31. The fourth-order valence-corrected chi connectivity index (χ4v) is 2.03. The minimum absolute atomic E-state index is 0. The normalized spacial score (nSPS) is 11.8. The molecule has 0 amide bonds. The highest BCUT2D eigenvalue weighted by atomic mass is 127. The molecule has 138 valence electrons. The Morgan fingerprint density at radius 3 is 1.96 bits per heavy atom. The highest BCUT2D eigenvalue weighted by Crippen LogP contribution is 2.21. The van der Waals surface area contributed by atoms with Crippen LogP contribution >= 0.6 is 11.8 Å². The SMILES string of the molecule is CS/C(=N/N=C/c1ccc(O)cc1O)[NH2+]/N=C/c1ccc(O)cc1O.[I-]. The lowest BCUT2D eigenvalue weighted by Crippen LogP contribution is -3.00. The second-order valence-electron chi connectivity index (χ2n) is 4.78. The summed E-state index contributed by atoms with van der Waals surface area (Å²) in [6.07, 6.45) is 4.58. The molecule has 26 heavy (non-hydrogen) atoms. The predicted octanol–water partition coefficient (Wildman–Crippen LogP) is -1.84. The van der Waals surface area contributed by atoms with E-state index in [4.69, 9.17) is 0 Å². The van der Waals surface area contributed by atoms with Crippen LogP contribution in [0.15, 0.2) is 51.7 Å². The molecule has 0 aliphatic heterocycles. The molecule has 0 atom stereocenters. The molecular formula is C16H17IN4O4S. The Morgan fingerprint density at radius 2 is 1.46 bits per heavy atom. The molecule has 0 fully saturated rings. The first kappa shape index (κ1) is 21.7. The quantitative estimate of drug-likeness (QED) is 0.113. The fraction of sp³-hybridized carbons (Fsp3) is 0.0625. The Morgan fingerprint density at radius 1 is 0.923 bits per heavy atom. The van der Waals surface area contributed by atoms with Crippen molar-refractivity contribution in [2.24, 2.45) is 15.3 Å². The van der Waals surface area contributed by atoms with Crippen LogP contribution in [0.3, 0.4) is 0 Å². The highest BCUT2D eigenvalue weighted by molar-refractivity contribution is 8.12. The summed E-state index contributed by atoms with van der Waals surface area (Å²) in [6, 6.07) is 8.35. The number of amidine groups is 1. The smallest absolute Gasteiger partial charge is 0.305 e. The number of halogens is 1. The third-order valence-corrected chi connectivity index (χ3v) is 3.59. The van der Waals surface area contributed by atoms with Crippen molar-refractivity contribution >= 4 is 29.4 Å². The molecule has 2 aromatic carbocycles. The lowest BCUT2D eigenvalue weighted by molar-refractivity contribution is -0.539. The molecule has 10 heteroatoms. The zero-order valence-electron chi connectivity index (χ0n) is 13.6. The molecule has 0 aromatic heterocycles. The number of nitrogens with two attached hydrogens (primary N) is 1. The number of thioether (sulfide) groups is 1. The van der Waals surface area contributed by atoms with Crippen LogP contribution in [0.2, 0.25) is 0 Å². The predicted molar refractivity (Wildman–Crippen MR) is 97.6 cm³/mol. The number of nitrogens with zero attached hydrogens (tertiary/aromatic N) is 3. The standard InChI is InChI=1S/C16H16N4O4S.HI/c1-25-16(19-17-8-10-2-4-12(21)6-14(10)23)20-18-9-11-3-5-13(22)7-15(11)24;/h2-9,21-24H,1H3,(H,19,20);1H/b17-8+,18-9+;. The second-order valence-corrected chi connectivity index (χ2v) is 5.61. The number of rotatable bonds is 4. The number of benzene rings is 2. The minimum atomic E-state index is -0.102. The molecule has 0 saturated carbocycles. The number of hydrogen-bond donors (Lipinski definition) is 5. The molecule has 8 nitrogen and oxygen atoms in total. The molecular weight excluding hydrogens is 471 g/mol. The first-order valence-electron chi connectivity index (χ1n) is 7.05. The van der Waals surface area contributed by atoms with E-state index in [2.05, 4.69) is 15.3 Å². The molecule has 2 rings (SSSR count). The Kier molecular flexibility index (Phi) is 8.88. The first-order valence-corrected chi connectivity index (χ1v) is 8.27. The fourth-order valence-electron chi connectivity index (χ4n) is 1.73. The summed E-state index contributed by atoms with van der Waals surface area (Å²) >= 11 is 1.32. The summed E-state index contributed by atoms with van der Waals surface area (Å²) in [6.45, 7) is 0. The second kappa shape index (κ2) is 10.6. The average molecular weight is 488 g/mol. The van der Waals surface area contributed by atoms with E-state index in [0.717, 1.165) is 0 Å². The van der Waals surface area contributed by atoms with Gasteiger partial charge >= 0.3 is 5.17 Å². The van der Waals surface area contributed by atoms with Gasteiger partial charge in [0.1, 0.15) is 23.0 Å². The monoisotopic (exact) mass is 488 g/mol. The van der Waals surface area contributed by atoms with Crippen LogP contribution < -0.4 is 29.4 Å². The number of quaternary nitrogens is 1. The number of phenols is 4. The molecule has 6 N–H and O–H groups in total. The van der Waals surface area contributed by atoms with Gasteiger partial charge in [-0.3, -0.25) is 0 Å². The minimum Gasteiger partial charge on any atom is -1.00 e. The zero-order chi connectivity index (χ0) is 18.2. The van der Waals surface area contributed by atoms with Gasteiger partial charge in [-0.15, -0.1) is 0 Å². The van der Waals surface area contributed by atoms with Crippen molar-refractivity contribution in [1.29, 1.82) is 0 Å². The van der Waals surface area contributed by atoms with E-state index in [1.165, 1.54) is 66.0 Å². The van der Waals surface area contributed by atoms with Crippen LogP contribution in [0.4, 0.5) is 0 Å². The van der Waals surface area contributed by atoms with E-state index >= 15 is 0 Å². The third kappa shape index (κ3) is 6.54. The molecule has 2 aromatic rings. The molecule has 0 aliphatic rings. The summed E-state index contributed by atoms with van der Waals surface area (Å²) < 4.78 is 0. The van der Waals surface area contributed by atoms with Crippen molar-refractivity contribution in [2.45, 2.75) is 0 Å². The maximum Gasteiger partial charge on any atom is 0.305 e. The third-order valence-electron chi connectivity index (χ3n) is 2.99. The number of aromatic hydroxyl groups is 4. The maximum absolute atomic E-state index is 9.66. The van der Waals surface area contributed by atoms with Gasteiger partial charge in [-0.25, -0.2) is 0 Å². The lowest BCUT2D eigenvalue weighted by atomic mass is 10.2. The molecule has 0 saturated heterocycles. The van der Waals surface area contributed by atoms with E-state index in [-0.39, 0.29) is 47.0 Å². The van der Waals surface area contributed by atoms with Gasteiger partial charge in [-0.05, 0) is 42.3 Å². The maximum atomic E-state index is 9.66. The van der Waals surface area contributed by atoms with Crippen molar-refractivity contribution in [1.82, 2.24) is 0 Å². The molecule has 0 spiro atoms. The average Bonchev–Trinajstić information content (AvgIpc) is 2.57. The van der Waals surface area contributed by atoms with Gasteiger partial charge < -0.3 is 44.4 Å². The molecule has 0 radical (unpaired) electrons. The van der Waals surface area contributed by atoms with Crippen LogP contribution in [0.5, 0.6) is 23.0 Å². The zero-order valence-corrected chi connectivity index (χ0v) is 16.6. The number of hydrogen-bond acceptors (Lipinski definition) is 8. The van der Waals surface area contributed by atoms with Gasteiger partial charge in [0.2, 0.25) is 0 Å². The van der Waals surface area contributed by atoms with Gasteiger partial charge in [-0.2, -0.15) is 10.5 Å². The first-order chi connectivity index (χ1) is 12.0. The van der Waals surface area contributed by atoms with Crippen LogP contribution in [-0.4, -0.2) is 44.3 Å². The van der Waals surface area contributed by atoms with Crippen molar-refractivity contribution in [3.05, 3.63) is 47.5 Å². The van der Waals surface area contributed by atoms with Crippen molar-refractivity contribution in [3.8, 4) is 23.0 Å². The molecule has 0 bridgehead atoms. The van der Waals surface area contributed by atoms with E-state index in [9.17, 15) is 20.4 Å². The topological polar surface area (TPSA) is 135 Å². The molecule has 0 unspecified atom stereocenters. The van der Waals surface area contributed by atoms with Crippen molar-refractivity contribution < 1.29 is 49.8 Å². The van der Waals surface area contributed by atoms with Crippen LogP contribution in [0.1, 0.15) is 11.1 Å². The summed E-state index contributed by atoms with van der Waals surface area (Å²) in [4.78, 5) is 0. The van der Waals surface area contributed by atoms with Gasteiger partial charge in [0.25, 0.3) is 0 Å². The van der Waals surface area contributed by atoms with Crippen LogP contribution in [-0.2, 0) is 0 Å².